The summed E-state index contributed by atoms with van der Waals surface area (Å²) in [6, 6.07) is 0. The maximum Gasteiger partial charge on any atom is 0.184 e. The van der Waals surface area contributed by atoms with Crippen LogP contribution in [0.4, 0.5) is 0 Å². The molecule has 0 spiro atoms. The number of epoxide rings is 1. The zero-order valence-corrected chi connectivity index (χ0v) is 9.79. The molecule has 1 heterocycles. The molecule has 0 N–H and O–H groups in total. The number of hydrogen-bond donors (Lipinski definition) is 0. The van der Waals surface area contributed by atoms with E-state index in [0.29, 0.717) is 12.2 Å². The Labute approximate surface area is 88.0 Å². The topological polar surface area (TPSA) is 21.8 Å². The van der Waals surface area contributed by atoms with Crippen LogP contribution >= 0.6 is 0 Å². The molecule has 0 aromatic carbocycles. The highest BCUT2D eigenvalue weighted by molar-refractivity contribution is 4.77. The van der Waals surface area contributed by atoms with Crippen LogP contribution in [0.1, 0.15) is 59.3 Å². The standard InChI is InChI=1S/C12H24O2/c1-4-5-6-7-8-9-11-12(14-11)13-10(2)3/h10-12H,4-9H2,1-3H3. The molecule has 1 aliphatic rings. The molecule has 0 bridgehead atoms. The van der Waals surface area contributed by atoms with Gasteiger partial charge in [0.1, 0.15) is 6.10 Å². The lowest BCUT2D eigenvalue weighted by Crippen LogP contribution is -2.07. The van der Waals surface area contributed by atoms with Gasteiger partial charge in [0.2, 0.25) is 0 Å². The summed E-state index contributed by atoms with van der Waals surface area (Å²) in [4.78, 5) is 0. The zero-order valence-electron chi connectivity index (χ0n) is 9.79. The van der Waals surface area contributed by atoms with Crippen LogP contribution in [0.15, 0.2) is 0 Å². The van der Waals surface area contributed by atoms with Gasteiger partial charge in [-0.1, -0.05) is 39.0 Å². The third-order valence-corrected chi connectivity index (χ3v) is 2.53. The van der Waals surface area contributed by atoms with Crippen LogP contribution < -0.4 is 0 Å². The van der Waals surface area contributed by atoms with Crippen LogP contribution in [-0.4, -0.2) is 18.5 Å². The van der Waals surface area contributed by atoms with Crippen LogP contribution in [0.3, 0.4) is 0 Å². The van der Waals surface area contributed by atoms with Crippen molar-refractivity contribution in [1.82, 2.24) is 0 Å². The summed E-state index contributed by atoms with van der Waals surface area (Å²) >= 11 is 0. The minimum atomic E-state index is 0.112. The number of hydrogen-bond acceptors (Lipinski definition) is 2. The summed E-state index contributed by atoms with van der Waals surface area (Å²) in [6.45, 7) is 6.36. The maximum absolute atomic E-state index is 5.53. The molecule has 1 saturated heterocycles. The van der Waals surface area contributed by atoms with Crippen molar-refractivity contribution < 1.29 is 9.47 Å². The van der Waals surface area contributed by atoms with Gasteiger partial charge in [0.05, 0.1) is 6.10 Å². The SMILES string of the molecule is CCCCCCCC1OC1OC(C)C. The molecule has 1 fully saturated rings. The monoisotopic (exact) mass is 200 g/mol. The van der Waals surface area contributed by atoms with Crippen LogP contribution in [0, 0.1) is 0 Å². The fourth-order valence-corrected chi connectivity index (χ4v) is 1.67. The van der Waals surface area contributed by atoms with Crippen LogP contribution in [-0.2, 0) is 9.47 Å². The average molecular weight is 200 g/mol. The summed E-state index contributed by atoms with van der Waals surface area (Å²) in [7, 11) is 0. The number of rotatable bonds is 8. The molecular formula is C12H24O2. The fraction of sp³-hybridized carbons (Fsp3) is 1.00. The van der Waals surface area contributed by atoms with Gasteiger partial charge in [-0.15, -0.1) is 0 Å². The van der Waals surface area contributed by atoms with Gasteiger partial charge >= 0.3 is 0 Å². The first kappa shape index (κ1) is 12.0. The molecule has 0 radical (unpaired) electrons. The zero-order chi connectivity index (χ0) is 10.4. The van der Waals surface area contributed by atoms with Crippen molar-refractivity contribution in [1.29, 1.82) is 0 Å². The van der Waals surface area contributed by atoms with Gasteiger partial charge in [-0.05, 0) is 20.3 Å². The van der Waals surface area contributed by atoms with E-state index in [9.17, 15) is 0 Å². The highest BCUT2D eigenvalue weighted by atomic mass is 16.8. The molecule has 14 heavy (non-hydrogen) atoms. The Balaban J connectivity index is 1.85. The molecule has 1 rings (SSSR count). The van der Waals surface area contributed by atoms with Crippen LogP contribution in [0.2, 0.25) is 0 Å². The smallest absolute Gasteiger partial charge is 0.184 e. The Morgan fingerprint density at radius 3 is 2.50 bits per heavy atom. The van der Waals surface area contributed by atoms with Gasteiger partial charge in [-0.25, -0.2) is 0 Å². The lowest BCUT2D eigenvalue weighted by atomic mass is 10.1. The molecule has 2 atom stereocenters. The largest absolute Gasteiger partial charge is 0.347 e. The van der Waals surface area contributed by atoms with Crippen molar-refractivity contribution in [2.45, 2.75) is 77.8 Å². The highest BCUT2D eigenvalue weighted by Gasteiger charge is 2.39. The fourth-order valence-electron chi connectivity index (χ4n) is 1.67. The second-order valence-corrected chi connectivity index (χ2v) is 4.43. The first-order valence-corrected chi connectivity index (χ1v) is 6.05. The van der Waals surface area contributed by atoms with Crippen LogP contribution in [0.5, 0.6) is 0 Å². The van der Waals surface area contributed by atoms with E-state index in [1.807, 2.05) is 0 Å². The van der Waals surface area contributed by atoms with E-state index in [-0.39, 0.29) is 6.29 Å². The molecule has 0 aromatic heterocycles. The third-order valence-electron chi connectivity index (χ3n) is 2.53. The predicted molar refractivity (Wildman–Crippen MR) is 58.3 cm³/mol. The van der Waals surface area contributed by atoms with Gasteiger partial charge in [0.25, 0.3) is 0 Å². The van der Waals surface area contributed by atoms with E-state index in [2.05, 4.69) is 20.8 Å². The predicted octanol–water partition coefficient (Wildman–Crippen LogP) is 3.50. The molecule has 2 heteroatoms. The molecule has 84 valence electrons. The lowest BCUT2D eigenvalue weighted by Gasteiger charge is -2.02. The van der Waals surface area contributed by atoms with Gasteiger partial charge in [-0.3, -0.25) is 0 Å². The van der Waals surface area contributed by atoms with Crippen molar-refractivity contribution in [2.75, 3.05) is 0 Å². The van der Waals surface area contributed by atoms with Crippen LogP contribution in [0.25, 0.3) is 0 Å². The Kier molecular flexibility index (Phi) is 5.49. The number of ether oxygens (including phenoxy) is 2. The Hall–Kier alpha value is -0.0800. The highest BCUT2D eigenvalue weighted by Crippen LogP contribution is 2.29. The van der Waals surface area contributed by atoms with Gasteiger partial charge in [-0.2, -0.15) is 0 Å². The Bertz CT molecular complexity index is 145. The first-order valence-electron chi connectivity index (χ1n) is 6.05. The third kappa shape index (κ3) is 4.97. The quantitative estimate of drug-likeness (QED) is 0.442. The summed E-state index contributed by atoms with van der Waals surface area (Å²) in [5.74, 6) is 0. The molecule has 0 amide bonds. The van der Waals surface area contributed by atoms with Crippen molar-refractivity contribution in [3.05, 3.63) is 0 Å². The summed E-state index contributed by atoms with van der Waals surface area (Å²) in [6.07, 6.45) is 8.70. The van der Waals surface area contributed by atoms with E-state index in [1.54, 1.807) is 0 Å². The van der Waals surface area contributed by atoms with E-state index >= 15 is 0 Å². The summed E-state index contributed by atoms with van der Waals surface area (Å²) in [5, 5.41) is 0. The van der Waals surface area contributed by atoms with Crippen molar-refractivity contribution in [3.63, 3.8) is 0 Å². The number of unbranched alkanes of at least 4 members (excludes halogenated alkanes) is 4. The van der Waals surface area contributed by atoms with E-state index in [0.717, 1.165) is 0 Å². The second kappa shape index (κ2) is 6.41. The molecule has 0 aromatic rings. The Morgan fingerprint density at radius 1 is 1.14 bits per heavy atom. The molecule has 1 aliphatic heterocycles. The minimum Gasteiger partial charge on any atom is -0.347 e. The summed E-state index contributed by atoms with van der Waals surface area (Å²) < 4.78 is 10.9. The molecule has 0 saturated carbocycles. The second-order valence-electron chi connectivity index (χ2n) is 4.43. The van der Waals surface area contributed by atoms with Crippen molar-refractivity contribution >= 4 is 0 Å². The van der Waals surface area contributed by atoms with Crippen molar-refractivity contribution in [2.24, 2.45) is 0 Å². The van der Waals surface area contributed by atoms with E-state index in [1.165, 1.54) is 38.5 Å². The Morgan fingerprint density at radius 2 is 1.86 bits per heavy atom. The molecule has 2 unspecified atom stereocenters. The normalized spacial score (nSPS) is 25.7. The maximum atomic E-state index is 5.53. The first-order chi connectivity index (χ1) is 6.74. The minimum absolute atomic E-state index is 0.112. The molecule has 0 aliphatic carbocycles. The van der Waals surface area contributed by atoms with E-state index in [4.69, 9.17) is 9.47 Å². The van der Waals surface area contributed by atoms with Crippen molar-refractivity contribution in [3.8, 4) is 0 Å². The van der Waals surface area contributed by atoms with E-state index < -0.39 is 0 Å². The van der Waals surface area contributed by atoms with Gasteiger partial charge in [0, 0.05) is 0 Å². The lowest BCUT2D eigenvalue weighted by molar-refractivity contribution is 0.00800. The molecule has 2 nitrogen and oxygen atoms in total. The van der Waals surface area contributed by atoms with Gasteiger partial charge < -0.3 is 9.47 Å². The molecular weight excluding hydrogens is 176 g/mol. The average Bonchev–Trinajstić information content (AvgIpc) is 2.82. The summed E-state index contributed by atoms with van der Waals surface area (Å²) in [5.41, 5.74) is 0. The van der Waals surface area contributed by atoms with Gasteiger partial charge in [0.15, 0.2) is 6.29 Å².